The average Bonchev–Trinajstić information content (AvgIpc) is 3.09. The lowest BCUT2D eigenvalue weighted by Gasteiger charge is -2.06. The molecule has 1 aliphatic carbocycles. The quantitative estimate of drug-likeness (QED) is 0.676. The molecule has 0 radical (unpaired) electrons. The normalized spacial score (nSPS) is 14.9. The van der Waals surface area contributed by atoms with Crippen LogP contribution in [-0.2, 0) is 5.75 Å². The molecule has 1 aliphatic rings. The maximum absolute atomic E-state index is 13.6. The van der Waals surface area contributed by atoms with E-state index in [1.54, 1.807) is 12.1 Å². The number of halogens is 1. The van der Waals surface area contributed by atoms with E-state index < -0.39 is 0 Å². The van der Waals surface area contributed by atoms with Gasteiger partial charge in [0.1, 0.15) is 5.82 Å². The zero-order valence-electron chi connectivity index (χ0n) is 9.58. The van der Waals surface area contributed by atoms with Crippen LogP contribution < -0.4 is 5.73 Å². The molecule has 2 aromatic rings. The van der Waals surface area contributed by atoms with Gasteiger partial charge in [-0.05, 0) is 35.4 Å². The number of nitrogen functional groups attached to an aromatic ring is 1. The Morgan fingerprint density at radius 1 is 1.44 bits per heavy atom. The van der Waals surface area contributed by atoms with Gasteiger partial charge in [0.2, 0.25) is 5.16 Å². The molecule has 0 unspecified atom stereocenters. The average molecular weight is 265 g/mol. The number of hydrogen-bond donors (Lipinski definition) is 1. The van der Waals surface area contributed by atoms with Crippen LogP contribution in [0.1, 0.15) is 24.4 Å². The minimum absolute atomic E-state index is 0.284. The summed E-state index contributed by atoms with van der Waals surface area (Å²) in [5.41, 5.74) is 6.73. The Bertz CT molecular complexity index is 546. The van der Waals surface area contributed by atoms with Gasteiger partial charge < -0.3 is 5.73 Å². The number of hydrogen-bond acceptors (Lipinski definition) is 5. The van der Waals surface area contributed by atoms with Crippen LogP contribution in [0.2, 0.25) is 0 Å². The first-order valence-corrected chi connectivity index (χ1v) is 6.68. The number of aromatic nitrogens is 4. The lowest BCUT2D eigenvalue weighted by molar-refractivity contribution is 0.565. The van der Waals surface area contributed by atoms with Gasteiger partial charge in [-0.15, -0.1) is 5.10 Å². The highest BCUT2D eigenvalue weighted by molar-refractivity contribution is 7.98. The summed E-state index contributed by atoms with van der Waals surface area (Å²) in [5, 5.41) is 12.3. The summed E-state index contributed by atoms with van der Waals surface area (Å²) in [5.74, 6) is 0.152. The summed E-state index contributed by atoms with van der Waals surface area (Å²) in [7, 11) is 0. The smallest absolute Gasteiger partial charge is 0.209 e. The molecule has 1 aromatic heterocycles. The van der Waals surface area contributed by atoms with E-state index in [1.807, 2.05) is 4.68 Å². The third-order valence-corrected chi connectivity index (χ3v) is 3.82. The van der Waals surface area contributed by atoms with Crippen molar-refractivity contribution in [3.63, 3.8) is 0 Å². The van der Waals surface area contributed by atoms with E-state index in [-0.39, 0.29) is 5.82 Å². The van der Waals surface area contributed by atoms with Crippen LogP contribution in [-0.4, -0.2) is 20.2 Å². The summed E-state index contributed by atoms with van der Waals surface area (Å²) in [4.78, 5) is 0. The van der Waals surface area contributed by atoms with Gasteiger partial charge in [-0.2, -0.15) is 0 Å². The molecule has 3 rings (SSSR count). The third kappa shape index (κ3) is 2.17. The molecule has 0 bridgehead atoms. The molecular formula is C11H12FN5S. The largest absolute Gasteiger partial charge is 0.398 e. The van der Waals surface area contributed by atoms with Gasteiger partial charge in [-0.25, -0.2) is 9.07 Å². The molecule has 0 aliphatic heterocycles. The van der Waals surface area contributed by atoms with Crippen molar-refractivity contribution in [3.8, 4) is 0 Å². The Kier molecular flexibility index (Phi) is 2.91. The number of tetrazole rings is 1. The molecule has 1 saturated carbocycles. The van der Waals surface area contributed by atoms with Gasteiger partial charge >= 0.3 is 0 Å². The van der Waals surface area contributed by atoms with Gasteiger partial charge in [0.05, 0.1) is 6.04 Å². The Labute approximate surface area is 108 Å². The predicted octanol–water partition coefficient (Wildman–Crippen LogP) is 2.02. The van der Waals surface area contributed by atoms with Crippen molar-refractivity contribution in [1.29, 1.82) is 0 Å². The zero-order valence-corrected chi connectivity index (χ0v) is 10.4. The van der Waals surface area contributed by atoms with Crippen molar-refractivity contribution in [3.05, 3.63) is 29.6 Å². The number of benzene rings is 1. The second-order valence-corrected chi connectivity index (χ2v) is 5.18. The molecule has 0 atom stereocenters. The van der Waals surface area contributed by atoms with E-state index in [4.69, 9.17) is 5.73 Å². The van der Waals surface area contributed by atoms with Crippen LogP contribution in [0.3, 0.4) is 0 Å². The summed E-state index contributed by atoms with van der Waals surface area (Å²) in [6.45, 7) is 0. The molecule has 0 spiro atoms. The molecule has 1 fully saturated rings. The second-order valence-electron chi connectivity index (χ2n) is 4.23. The third-order valence-electron chi connectivity index (χ3n) is 2.86. The van der Waals surface area contributed by atoms with Gasteiger partial charge in [0, 0.05) is 17.0 Å². The first kappa shape index (κ1) is 11.5. The molecule has 0 amide bonds. The van der Waals surface area contributed by atoms with Crippen LogP contribution in [0.5, 0.6) is 0 Å². The topological polar surface area (TPSA) is 69.6 Å². The predicted molar refractivity (Wildman–Crippen MR) is 66.5 cm³/mol. The van der Waals surface area contributed by atoms with E-state index in [0.717, 1.165) is 18.0 Å². The fraction of sp³-hybridized carbons (Fsp3) is 0.364. The number of thioether (sulfide) groups is 1. The summed E-state index contributed by atoms with van der Waals surface area (Å²) < 4.78 is 15.4. The molecule has 94 valence electrons. The standard InChI is InChI=1S/C11H12FN5S/c12-9-2-1-3-10(13)8(9)6-18-11-14-15-16-17(11)7-4-5-7/h1-3,7H,4-6,13H2. The number of anilines is 1. The Morgan fingerprint density at radius 2 is 2.28 bits per heavy atom. The van der Waals surface area contributed by atoms with Gasteiger partial charge in [-0.1, -0.05) is 17.8 Å². The van der Waals surface area contributed by atoms with E-state index in [9.17, 15) is 4.39 Å². The van der Waals surface area contributed by atoms with Crippen molar-refractivity contribution in [2.45, 2.75) is 29.8 Å². The lowest BCUT2D eigenvalue weighted by atomic mass is 10.2. The number of rotatable bonds is 4. The molecule has 5 nitrogen and oxygen atoms in total. The van der Waals surface area contributed by atoms with Crippen LogP contribution >= 0.6 is 11.8 Å². The van der Waals surface area contributed by atoms with Crippen molar-refractivity contribution < 1.29 is 4.39 Å². The van der Waals surface area contributed by atoms with Crippen LogP contribution in [0.25, 0.3) is 0 Å². The lowest BCUT2D eigenvalue weighted by Crippen LogP contribution is -2.00. The fourth-order valence-corrected chi connectivity index (χ4v) is 2.68. The molecule has 7 heteroatoms. The summed E-state index contributed by atoms with van der Waals surface area (Å²) in [6.07, 6.45) is 2.22. The highest BCUT2D eigenvalue weighted by atomic mass is 32.2. The fourth-order valence-electron chi connectivity index (χ4n) is 1.69. The van der Waals surface area contributed by atoms with E-state index in [2.05, 4.69) is 15.5 Å². The molecular weight excluding hydrogens is 253 g/mol. The summed E-state index contributed by atoms with van der Waals surface area (Å²) in [6, 6.07) is 5.13. The van der Waals surface area contributed by atoms with E-state index >= 15 is 0 Å². The van der Waals surface area contributed by atoms with Crippen molar-refractivity contribution in [2.24, 2.45) is 0 Å². The highest BCUT2D eigenvalue weighted by Crippen LogP contribution is 2.37. The molecule has 1 heterocycles. The maximum Gasteiger partial charge on any atom is 0.209 e. The van der Waals surface area contributed by atoms with E-state index in [1.165, 1.54) is 17.8 Å². The molecule has 2 N–H and O–H groups in total. The Hall–Kier alpha value is -1.63. The SMILES string of the molecule is Nc1cccc(F)c1CSc1nnnn1C1CC1. The van der Waals surface area contributed by atoms with Crippen LogP contribution in [0, 0.1) is 5.82 Å². The second kappa shape index (κ2) is 4.56. The highest BCUT2D eigenvalue weighted by Gasteiger charge is 2.28. The minimum Gasteiger partial charge on any atom is -0.398 e. The van der Waals surface area contributed by atoms with Crippen molar-refractivity contribution in [2.75, 3.05) is 5.73 Å². The maximum atomic E-state index is 13.6. The van der Waals surface area contributed by atoms with Gasteiger partial charge in [0.25, 0.3) is 0 Å². The zero-order chi connectivity index (χ0) is 12.5. The first-order valence-electron chi connectivity index (χ1n) is 5.69. The van der Waals surface area contributed by atoms with Crippen LogP contribution in [0.15, 0.2) is 23.4 Å². The van der Waals surface area contributed by atoms with Crippen LogP contribution in [0.4, 0.5) is 10.1 Å². The number of nitrogens with zero attached hydrogens (tertiary/aromatic N) is 4. The Morgan fingerprint density at radius 3 is 3.00 bits per heavy atom. The molecule has 0 saturated heterocycles. The Balaban J connectivity index is 1.76. The van der Waals surface area contributed by atoms with Gasteiger partial charge in [-0.3, -0.25) is 0 Å². The summed E-state index contributed by atoms with van der Waals surface area (Å²) >= 11 is 1.41. The van der Waals surface area contributed by atoms with Gasteiger partial charge in [0.15, 0.2) is 0 Å². The molecule has 18 heavy (non-hydrogen) atoms. The number of nitrogens with two attached hydrogens (primary N) is 1. The first-order chi connectivity index (χ1) is 8.75. The monoisotopic (exact) mass is 265 g/mol. The minimum atomic E-state index is -0.284. The molecule has 1 aromatic carbocycles. The van der Waals surface area contributed by atoms with Crippen molar-refractivity contribution >= 4 is 17.4 Å². The van der Waals surface area contributed by atoms with Crippen molar-refractivity contribution in [1.82, 2.24) is 20.2 Å². The van der Waals surface area contributed by atoms with E-state index in [0.29, 0.717) is 23.0 Å².